The van der Waals surface area contributed by atoms with Crippen LogP contribution in [0.4, 0.5) is 0 Å². The van der Waals surface area contributed by atoms with Crippen molar-refractivity contribution < 1.29 is 4.79 Å². The van der Waals surface area contributed by atoms with E-state index in [1.807, 2.05) is 47.0 Å². The summed E-state index contributed by atoms with van der Waals surface area (Å²) in [5.74, 6) is 0.868. The summed E-state index contributed by atoms with van der Waals surface area (Å²) >= 11 is 1.33. The molecule has 0 atom stereocenters. The fourth-order valence-corrected chi connectivity index (χ4v) is 3.65. The molecule has 0 N–H and O–H groups in total. The molecule has 0 spiro atoms. The topological polar surface area (TPSA) is 84.5 Å². The molecule has 2 aromatic heterocycles. The molecule has 0 bridgehead atoms. The number of pyridine rings is 1. The Morgan fingerprint density at radius 1 is 0.966 bits per heavy atom. The summed E-state index contributed by atoms with van der Waals surface area (Å²) in [5, 5.41) is 18.2. The van der Waals surface area contributed by atoms with Crippen molar-refractivity contribution >= 4 is 17.5 Å². The average Bonchev–Trinajstić information content (AvgIpc) is 3.22. The van der Waals surface area contributed by atoms with Crippen molar-refractivity contribution in [3.63, 3.8) is 0 Å². The van der Waals surface area contributed by atoms with Crippen molar-refractivity contribution in [1.29, 1.82) is 5.26 Å². The second-order valence-corrected chi connectivity index (χ2v) is 7.06. The number of Topliss-reactive ketones (excluding diaryl/α,β-unsaturated/α-hetero) is 1. The number of hydrogen-bond acceptors (Lipinski definition) is 6. The van der Waals surface area contributed by atoms with Crippen LogP contribution in [0, 0.1) is 11.3 Å². The zero-order valence-electron chi connectivity index (χ0n) is 15.3. The van der Waals surface area contributed by atoms with Crippen molar-refractivity contribution in [2.75, 3.05) is 5.75 Å². The van der Waals surface area contributed by atoms with Gasteiger partial charge >= 0.3 is 0 Å². The largest absolute Gasteiger partial charge is 0.293 e. The second kappa shape index (κ2) is 8.50. The average molecular weight is 397 g/mol. The van der Waals surface area contributed by atoms with Crippen LogP contribution < -0.4 is 0 Å². The second-order valence-electron chi connectivity index (χ2n) is 6.11. The summed E-state index contributed by atoms with van der Waals surface area (Å²) in [6, 6.07) is 22.2. The van der Waals surface area contributed by atoms with Crippen molar-refractivity contribution in [2.45, 2.75) is 5.16 Å². The molecule has 140 valence electrons. The highest BCUT2D eigenvalue weighted by Gasteiger charge is 2.17. The highest BCUT2D eigenvalue weighted by molar-refractivity contribution is 7.99. The van der Waals surface area contributed by atoms with E-state index in [2.05, 4.69) is 21.3 Å². The van der Waals surface area contributed by atoms with E-state index in [1.54, 1.807) is 36.7 Å². The first-order chi connectivity index (χ1) is 14.3. The lowest BCUT2D eigenvalue weighted by molar-refractivity contribution is 0.102. The van der Waals surface area contributed by atoms with E-state index < -0.39 is 0 Å². The Morgan fingerprint density at radius 3 is 2.38 bits per heavy atom. The van der Waals surface area contributed by atoms with Crippen LogP contribution in [0.15, 0.2) is 84.3 Å². The Labute approximate surface area is 171 Å². The molecule has 0 amide bonds. The number of rotatable bonds is 6. The standard InChI is InChI=1S/C22H15N5OS/c23-14-16-6-8-17(9-7-16)20(28)15-29-22-26-25-21(18-10-12-24-13-11-18)27(22)19-4-2-1-3-5-19/h1-13H,15H2. The minimum Gasteiger partial charge on any atom is -0.293 e. The lowest BCUT2D eigenvalue weighted by Gasteiger charge is -2.10. The molecule has 7 heteroatoms. The van der Waals surface area contributed by atoms with E-state index in [4.69, 9.17) is 5.26 Å². The van der Waals surface area contributed by atoms with Crippen LogP contribution in [-0.4, -0.2) is 31.3 Å². The maximum absolute atomic E-state index is 12.6. The molecule has 0 aliphatic rings. The molecule has 0 saturated heterocycles. The van der Waals surface area contributed by atoms with Gasteiger partial charge in [-0.3, -0.25) is 14.3 Å². The number of hydrogen-bond donors (Lipinski definition) is 0. The number of benzene rings is 2. The Hall–Kier alpha value is -3.76. The van der Waals surface area contributed by atoms with Gasteiger partial charge in [0.1, 0.15) is 0 Å². The minimum absolute atomic E-state index is 0.0347. The van der Waals surface area contributed by atoms with Crippen LogP contribution in [0.1, 0.15) is 15.9 Å². The fourth-order valence-electron chi connectivity index (χ4n) is 2.81. The van der Waals surface area contributed by atoms with Crippen LogP contribution >= 0.6 is 11.8 Å². The minimum atomic E-state index is -0.0347. The van der Waals surface area contributed by atoms with Crippen molar-refractivity contribution in [3.05, 3.63) is 90.3 Å². The molecule has 0 fully saturated rings. The lowest BCUT2D eigenvalue weighted by Crippen LogP contribution is -2.05. The van der Waals surface area contributed by atoms with Crippen LogP contribution in [0.5, 0.6) is 0 Å². The van der Waals surface area contributed by atoms with Crippen LogP contribution in [0.3, 0.4) is 0 Å². The third-order valence-electron chi connectivity index (χ3n) is 4.25. The van der Waals surface area contributed by atoms with Gasteiger partial charge in [-0.25, -0.2) is 0 Å². The first-order valence-corrected chi connectivity index (χ1v) is 9.82. The maximum Gasteiger partial charge on any atom is 0.196 e. The van der Waals surface area contributed by atoms with Gasteiger partial charge in [0, 0.05) is 29.2 Å². The molecule has 0 aliphatic heterocycles. The Balaban J connectivity index is 1.63. The van der Waals surface area contributed by atoms with Gasteiger partial charge in [-0.2, -0.15) is 5.26 Å². The SMILES string of the molecule is N#Cc1ccc(C(=O)CSc2nnc(-c3ccncc3)n2-c2ccccc2)cc1. The number of nitrogens with zero attached hydrogens (tertiary/aromatic N) is 5. The highest BCUT2D eigenvalue weighted by atomic mass is 32.2. The van der Waals surface area contributed by atoms with E-state index in [9.17, 15) is 4.79 Å². The predicted octanol–water partition coefficient (Wildman–Crippen LogP) is 4.18. The highest BCUT2D eigenvalue weighted by Crippen LogP contribution is 2.28. The predicted molar refractivity (Wildman–Crippen MR) is 111 cm³/mol. The molecule has 2 heterocycles. The smallest absolute Gasteiger partial charge is 0.196 e. The Morgan fingerprint density at radius 2 is 1.69 bits per heavy atom. The van der Waals surface area contributed by atoms with E-state index in [-0.39, 0.29) is 11.5 Å². The summed E-state index contributed by atoms with van der Waals surface area (Å²) in [5.41, 5.74) is 2.90. The summed E-state index contributed by atoms with van der Waals surface area (Å²) in [6.45, 7) is 0. The molecular weight excluding hydrogens is 382 g/mol. The van der Waals surface area contributed by atoms with Gasteiger partial charge in [-0.15, -0.1) is 10.2 Å². The maximum atomic E-state index is 12.6. The molecule has 6 nitrogen and oxygen atoms in total. The quantitative estimate of drug-likeness (QED) is 0.358. The van der Waals surface area contributed by atoms with Gasteiger partial charge in [-0.05, 0) is 36.4 Å². The zero-order valence-corrected chi connectivity index (χ0v) is 16.1. The zero-order chi connectivity index (χ0) is 20.1. The molecule has 29 heavy (non-hydrogen) atoms. The summed E-state index contributed by atoms with van der Waals surface area (Å²) in [6.07, 6.45) is 3.42. The Kier molecular flexibility index (Phi) is 5.45. The molecule has 2 aromatic carbocycles. The van der Waals surface area contributed by atoms with Crippen LogP contribution in [0.25, 0.3) is 17.1 Å². The first kappa shape index (κ1) is 18.6. The molecule has 0 aliphatic carbocycles. The third-order valence-corrected chi connectivity index (χ3v) is 5.18. The van der Waals surface area contributed by atoms with Crippen LogP contribution in [0.2, 0.25) is 0 Å². The van der Waals surface area contributed by atoms with Crippen molar-refractivity contribution in [1.82, 2.24) is 19.7 Å². The molecule has 4 rings (SSSR count). The normalized spacial score (nSPS) is 10.4. The van der Waals surface area contributed by atoms with E-state index in [0.29, 0.717) is 22.1 Å². The number of nitriles is 1. The van der Waals surface area contributed by atoms with E-state index in [0.717, 1.165) is 11.3 Å². The van der Waals surface area contributed by atoms with Gasteiger partial charge < -0.3 is 0 Å². The number of aromatic nitrogens is 4. The van der Waals surface area contributed by atoms with E-state index >= 15 is 0 Å². The number of carbonyl (C=O) groups excluding carboxylic acids is 1. The molecule has 0 radical (unpaired) electrons. The van der Waals surface area contributed by atoms with Crippen LogP contribution in [-0.2, 0) is 0 Å². The number of para-hydroxylation sites is 1. The monoisotopic (exact) mass is 397 g/mol. The van der Waals surface area contributed by atoms with Gasteiger partial charge in [0.05, 0.1) is 17.4 Å². The van der Waals surface area contributed by atoms with Crippen molar-refractivity contribution in [2.24, 2.45) is 0 Å². The van der Waals surface area contributed by atoms with Gasteiger partial charge in [0.2, 0.25) is 0 Å². The van der Waals surface area contributed by atoms with E-state index in [1.165, 1.54) is 11.8 Å². The number of ketones is 1. The number of carbonyl (C=O) groups is 1. The van der Waals surface area contributed by atoms with Gasteiger partial charge in [0.25, 0.3) is 0 Å². The third kappa shape index (κ3) is 4.08. The Bertz CT molecular complexity index is 1170. The van der Waals surface area contributed by atoms with Crippen molar-refractivity contribution in [3.8, 4) is 23.1 Å². The summed E-state index contributed by atoms with van der Waals surface area (Å²) < 4.78 is 1.94. The number of thioether (sulfide) groups is 1. The van der Waals surface area contributed by atoms with Gasteiger partial charge in [0.15, 0.2) is 16.8 Å². The molecule has 0 saturated carbocycles. The molecular formula is C22H15N5OS. The first-order valence-electron chi connectivity index (χ1n) is 8.83. The fraction of sp³-hybridized carbons (Fsp3) is 0.0455. The molecule has 4 aromatic rings. The lowest BCUT2D eigenvalue weighted by atomic mass is 10.1. The molecule has 0 unspecified atom stereocenters. The summed E-state index contributed by atoms with van der Waals surface area (Å²) in [4.78, 5) is 16.6. The van der Waals surface area contributed by atoms with Gasteiger partial charge in [-0.1, -0.05) is 42.1 Å². The summed E-state index contributed by atoms with van der Waals surface area (Å²) in [7, 11) is 0.